The second-order valence-electron chi connectivity index (χ2n) is 27.2. The van der Waals surface area contributed by atoms with Gasteiger partial charge in [0.2, 0.25) is 29.5 Å². The summed E-state index contributed by atoms with van der Waals surface area (Å²) in [4.78, 5) is 109. The molecule has 5 N–H and O–H groups in total. The third kappa shape index (κ3) is 15.3. The van der Waals surface area contributed by atoms with E-state index in [0.717, 1.165) is 53.7 Å². The zero-order chi connectivity index (χ0) is 64.4. The van der Waals surface area contributed by atoms with Crippen LogP contribution >= 0.6 is 0 Å². The van der Waals surface area contributed by atoms with Crippen LogP contribution in [0.3, 0.4) is 0 Å². The molecular weight excluding hydrogens is 1190 g/mol. The fourth-order valence-electron chi connectivity index (χ4n) is 15.9. The lowest BCUT2D eigenvalue weighted by atomic mass is 9.81. The van der Waals surface area contributed by atoms with Crippen molar-refractivity contribution in [2.75, 3.05) is 66.0 Å². The molecule has 12 heterocycles. The number of nitrogens with zero attached hydrogens (tertiary/aromatic N) is 3. The number of ketones is 1. The van der Waals surface area contributed by atoms with Crippen molar-refractivity contribution in [1.82, 2.24) is 36.0 Å². The van der Waals surface area contributed by atoms with E-state index in [1.165, 1.54) is 12.2 Å². The zero-order valence-electron chi connectivity index (χ0n) is 52.8. The first-order valence-corrected chi connectivity index (χ1v) is 33.4. The van der Waals surface area contributed by atoms with E-state index in [-0.39, 0.29) is 136 Å². The number of carbonyl (C=O) groups excluding carboxylic acids is 8. The number of hydrogen-bond acceptors (Lipinski definition) is 19. The van der Waals surface area contributed by atoms with E-state index < -0.39 is 97.2 Å². The molecule has 1 aromatic rings. The van der Waals surface area contributed by atoms with Gasteiger partial charge in [-0.05, 0) is 74.0 Å². The largest absolute Gasteiger partial charge is 0.391 e. The molecule has 12 aliphatic heterocycles. The quantitative estimate of drug-likeness (QED) is 0.0966. The number of amides is 7. The first-order chi connectivity index (χ1) is 44.3. The number of imide groups is 1. The number of hydrogen-bond donors (Lipinski definition) is 5. The standard InChI is InChI=1S/C67H91N7O18/c1-37-25-43-12-14-48-38(2)26-45(85-48)18-19-67-32-53-62(91-67)63-64(90-53)65(92-67)61-49(89-63)15-13-44(87-61)28-41(75)29-46-51(31-50(86-43)39(37)3)88-52(60(46)84-4)30-42(76)33-68-54(77)34-70-66(83)47(27-40-9-6-5-7-10-40)71-55(78)35-69-56(79)36-72-21-23-73(24-22-72)57(80)11-8-20-74-58(81)16-17-59(74)82/h5-7,9-10,16-17,37,42-53,60-65,76H,2-3,8,11-15,18-36H2,1,4H3,(H,68,77)(H,69,79)(H,70,83)(H,71,78)/t37-,42+,43+,44-,45+,46+,47+,48+,49+,50-,51+,52-,53-,60-,61+,62+,63?,64?,65+,67+/m1/s1. The monoisotopic (exact) mass is 1280 g/mol. The maximum Gasteiger partial charge on any atom is 0.253 e. The summed E-state index contributed by atoms with van der Waals surface area (Å²) in [5.74, 6) is -4.34. The van der Waals surface area contributed by atoms with Gasteiger partial charge in [-0.25, -0.2) is 0 Å². The number of fused-ring (bicyclic) bond motifs is 6. The number of methoxy groups -OCH3 is 1. The third-order valence-corrected chi connectivity index (χ3v) is 20.8. The van der Waals surface area contributed by atoms with Gasteiger partial charge in [-0.3, -0.25) is 48.2 Å². The van der Waals surface area contributed by atoms with E-state index in [1.54, 1.807) is 36.3 Å². The number of carbonyl (C=O) groups is 8. The van der Waals surface area contributed by atoms with Crippen molar-refractivity contribution in [3.8, 4) is 0 Å². The molecule has 0 aromatic heterocycles. The summed E-state index contributed by atoms with van der Waals surface area (Å²) in [5.41, 5.74) is 2.77. The summed E-state index contributed by atoms with van der Waals surface area (Å²) >= 11 is 0. The number of rotatable bonds is 19. The summed E-state index contributed by atoms with van der Waals surface area (Å²) < 4.78 is 60.8. The fraction of sp³-hybridized carbons (Fsp3) is 0.701. The third-order valence-electron chi connectivity index (χ3n) is 20.8. The van der Waals surface area contributed by atoms with Crippen molar-refractivity contribution >= 4 is 47.1 Å². The number of Topliss-reactive ketones (excluding diaryl/α,β-unsaturated/α-hetero) is 1. The number of piperazine rings is 1. The molecule has 1 spiro atoms. The lowest BCUT2D eigenvalue weighted by Gasteiger charge is -2.47. The van der Waals surface area contributed by atoms with Crippen LogP contribution in [0.1, 0.15) is 109 Å². The second kappa shape index (κ2) is 29.0. The van der Waals surface area contributed by atoms with Gasteiger partial charge in [0.15, 0.2) is 5.79 Å². The van der Waals surface area contributed by atoms with E-state index in [0.29, 0.717) is 64.7 Å². The van der Waals surface area contributed by atoms with Crippen LogP contribution in [0.4, 0.5) is 0 Å². The van der Waals surface area contributed by atoms with Crippen LogP contribution in [0.25, 0.3) is 0 Å². The van der Waals surface area contributed by atoms with Gasteiger partial charge >= 0.3 is 0 Å². The number of ether oxygens (including phenoxy) is 9. The van der Waals surface area contributed by atoms with Crippen LogP contribution in [-0.4, -0.2) is 242 Å². The highest BCUT2D eigenvalue weighted by atomic mass is 16.8. The molecule has 12 bridgehead atoms. The van der Waals surface area contributed by atoms with Crippen LogP contribution in [0, 0.1) is 11.8 Å². The van der Waals surface area contributed by atoms with E-state index in [1.807, 2.05) is 11.0 Å². The summed E-state index contributed by atoms with van der Waals surface area (Å²) in [6, 6.07) is 7.88. The summed E-state index contributed by atoms with van der Waals surface area (Å²) in [6.45, 7) is 11.8. The van der Waals surface area contributed by atoms with Crippen molar-refractivity contribution in [1.29, 1.82) is 0 Å². The van der Waals surface area contributed by atoms with Crippen molar-refractivity contribution in [2.24, 2.45) is 11.8 Å². The lowest BCUT2D eigenvalue weighted by molar-refractivity contribution is -0.292. The first-order valence-electron chi connectivity index (χ1n) is 33.4. The topological polar surface area (TPSA) is 298 Å². The van der Waals surface area contributed by atoms with Crippen molar-refractivity contribution in [2.45, 2.75) is 219 Å². The minimum absolute atomic E-state index is 0.0126. The lowest BCUT2D eigenvalue weighted by Crippen LogP contribution is -2.61. The van der Waals surface area contributed by atoms with Gasteiger partial charge in [-0.1, -0.05) is 50.4 Å². The minimum atomic E-state index is -1.13. The second-order valence-corrected chi connectivity index (χ2v) is 27.2. The maximum absolute atomic E-state index is 14.5. The Morgan fingerprint density at radius 3 is 2.22 bits per heavy atom. The molecule has 25 heteroatoms. The molecule has 0 radical (unpaired) electrons. The fourth-order valence-corrected chi connectivity index (χ4v) is 15.9. The maximum atomic E-state index is 14.5. The van der Waals surface area contributed by atoms with Crippen LogP contribution in [-0.2, 0) is 87.4 Å². The Morgan fingerprint density at radius 1 is 0.717 bits per heavy atom. The highest BCUT2D eigenvalue weighted by Gasteiger charge is 2.69. The van der Waals surface area contributed by atoms with Crippen molar-refractivity contribution in [3.05, 3.63) is 72.4 Å². The van der Waals surface area contributed by atoms with Gasteiger partial charge in [0.1, 0.15) is 42.3 Å². The van der Waals surface area contributed by atoms with Gasteiger partial charge < -0.3 is 73.9 Å². The summed E-state index contributed by atoms with van der Waals surface area (Å²) in [5, 5.41) is 22.2. The normalized spacial score (nSPS) is 36.7. The summed E-state index contributed by atoms with van der Waals surface area (Å²) in [6.07, 6.45) is 4.11. The molecule has 20 atom stereocenters. The number of nitrogens with one attached hydrogen (secondary N) is 4. The van der Waals surface area contributed by atoms with Crippen molar-refractivity contribution < 1.29 is 86.1 Å². The molecule has 11 saturated heterocycles. The smallest absolute Gasteiger partial charge is 0.253 e. The molecule has 0 saturated carbocycles. The molecule has 1 aromatic carbocycles. The molecule has 502 valence electrons. The Morgan fingerprint density at radius 2 is 1.43 bits per heavy atom. The highest BCUT2D eigenvalue weighted by Crippen LogP contribution is 2.54. The molecule has 2 unspecified atom stereocenters. The molecule has 11 fully saturated rings. The van der Waals surface area contributed by atoms with Crippen LogP contribution in [0.5, 0.6) is 0 Å². The predicted octanol–water partition coefficient (Wildman–Crippen LogP) is 1.40. The van der Waals surface area contributed by atoms with Gasteiger partial charge in [-0.2, -0.15) is 0 Å². The molecule has 25 nitrogen and oxygen atoms in total. The molecule has 0 aliphatic carbocycles. The number of aliphatic hydroxyl groups is 1. The summed E-state index contributed by atoms with van der Waals surface area (Å²) in [7, 11) is 1.58. The van der Waals surface area contributed by atoms with E-state index in [2.05, 4.69) is 41.3 Å². The number of benzene rings is 1. The Kier molecular flexibility index (Phi) is 20.9. The molecule has 7 amide bonds. The van der Waals surface area contributed by atoms with Gasteiger partial charge in [-0.15, -0.1) is 0 Å². The Balaban J connectivity index is 0.632. The molecule has 92 heavy (non-hydrogen) atoms. The van der Waals surface area contributed by atoms with E-state index in [9.17, 15) is 43.5 Å². The van der Waals surface area contributed by atoms with Crippen LogP contribution < -0.4 is 21.3 Å². The van der Waals surface area contributed by atoms with E-state index in [4.69, 9.17) is 42.6 Å². The van der Waals surface area contributed by atoms with Crippen LogP contribution in [0.2, 0.25) is 0 Å². The average molecular weight is 1280 g/mol. The number of aliphatic hydroxyl groups excluding tert-OH is 1. The Bertz CT molecular complexity index is 2940. The Hall–Kier alpha value is -5.84. The predicted molar refractivity (Wildman–Crippen MR) is 326 cm³/mol. The molecular formula is C67H91N7O18. The van der Waals surface area contributed by atoms with Crippen molar-refractivity contribution in [3.63, 3.8) is 0 Å². The first kappa shape index (κ1) is 66.2. The Labute approximate surface area is 536 Å². The van der Waals surface area contributed by atoms with Crippen LogP contribution in [0.15, 0.2) is 66.8 Å². The minimum Gasteiger partial charge on any atom is -0.391 e. The van der Waals surface area contributed by atoms with Gasteiger partial charge in [0.05, 0.1) is 86.8 Å². The molecule has 12 aliphatic rings. The average Bonchev–Trinajstić information content (AvgIpc) is 1.55. The van der Waals surface area contributed by atoms with E-state index >= 15 is 0 Å². The zero-order valence-corrected chi connectivity index (χ0v) is 52.8. The SMILES string of the molecule is C=C1C[C@@H]2CC[C@@]34C[C@H]5OC6C(O[C@H]7CC[C@H](CC(=O)C[C@@H]8[C@@H](OC)[C@@H](C[C@H](O)CNC(=O)CNC(=O)[C@H](Cc9ccccc9)NC(=O)CNC(=O)CN9CCN(C(=O)CCCN%10C(=O)C=CC%10=O)CC9)O[C@H]8C[C@H]8O[C@@H](CC[C@@H]1O2)C[C@@H](C)C8=C)O[C@@H]7[C@@H]6O3)[C@H]5O4. The van der Waals surface area contributed by atoms with Gasteiger partial charge in [0, 0.05) is 116 Å². The van der Waals surface area contributed by atoms with Gasteiger partial charge in [0.25, 0.3) is 11.8 Å². The highest BCUT2D eigenvalue weighted by molar-refractivity contribution is 6.12. The molecule has 13 rings (SSSR count).